The third-order valence-electron chi connectivity index (χ3n) is 2.69. The summed E-state index contributed by atoms with van der Waals surface area (Å²) in [4.78, 5) is 0. The molecule has 0 amide bonds. The third-order valence-corrected chi connectivity index (χ3v) is 2.69. The standard InChI is InChI=1S/C14H18O2/c1-11-9-12(2)16-14(3,15-11)10-13-7-5-4-6-8-13/h4-8,12H,1,9-10H2,2-3H3. The Morgan fingerprint density at radius 2 is 2.06 bits per heavy atom. The lowest BCUT2D eigenvalue weighted by atomic mass is 10.0. The Labute approximate surface area is 96.9 Å². The molecule has 86 valence electrons. The van der Waals surface area contributed by atoms with Gasteiger partial charge >= 0.3 is 0 Å². The van der Waals surface area contributed by atoms with Gasteiger partial charge in [0.15, 0.2) is 0 Å². The summed E-state index contributed by atoms with van der Waals surface area (Å²) in [5, 5.41) is 0. The van der Waals surface area contributed by atoms with E-state index in [4.69, 9.17) is 9.47 Å². The number of hydrogen-bond donors (Lipinski definition) is 0. The molecule has 1 aliphatic rings. The fraction of sp³-hybridized carbons (Fsp3) is 0.429. The van der Waals surface area contributed by atoms with Crippen LogP contribution in [0.25, 0.3) is 0 Å². The highest BCUT2D eigenvalue weighted by Crippen LogP contribution is 2.31. The number of rotatable bonds is 2. The molecule has 1 aromatic rings. The van der Waals surface area contributed by atoms with E-state index in [-0.39, 0.29) is 6.10 Å². The molecule has 2 nitrogen and oxygen atoms in total. The van der Waals surface area contributed by atoms with Crippen molar-refractivity contribution in [2.75, 3.05) is 0 Å². The summed E-state index contributed by atoms with van der Waals surface area (Å²) < 4.78 is 11.6. The first kappa shape index (κ1) is 11.2. The van der Waals surface area contributed by atoms with Gasteiger partial charge in [0.2, 0.25) is 5.79 Å². The molecule has 1 saturated heterocycles. The second-order valence-electron chi connectivity index (χ2n) is 4.57. The van der Waals surface area contributed by atoms with Gasteiger partial charge in [-0.3, -0.25) is 0 Å². The SMILES string of the molecule is C=C1CC(C)OC(C)(Cc2ccccc2)O1. The van der Waals surface area contributed by atoms with Crippen molar-refractivity contribution in [2.24, 2.45) is 0 Å². The van der Waals surface area contributed by atoms with Gasteiger partial charge in [-0.15, -0.1) is 0 Å². The first-order valence-corrected chi connectivity index (χ1v) is 5.66. The minimum atomic E-state index is -0.573. The molecule has 0 aliphatic carbocycles. The second kappa shape index (κ2) is 4.30. The summed E-state index contributed by atoms with van der Waals surface area (Å²) in [5.41, 5.74) is 1.21. The minimum absolute atomic E-state index is 0.176. The van der Waals surface area contributed by atoms with Crippen LogP contribution in [0, 0.1) is 0 Å². The zero-order valence-electron chi connectivity index (χ0n) is 9.90. The van der Waals surface area contributed by atoms with Crippen LogP contribution in [0.5, 0.6) is 0 Å². The molecule has 0 radical (unpaired) electrons. The van der Waals surface area contributed by atoms with Gasteiger partial charge in [0, 0.05) is 19.8 Å². The van der Waals surface area contributed by atoms with Crippen molar-refractivity contribution in [2.45, 2.75) is 38.6 Å². The summed E-state index contributed by atoms with van der Waals surface area (Å²) in [6.45, 7) is 7.93. The lowest BCUT2D eigenvalue weighted by Gasteiger charge is -2.39. The molecule has 0 spiro atoms. The summed E-state index contributed by atoms with van der Waals surface area (Å²) in [6, 6.07) is 10.2. The number of ether oxygens (including phenoxy) is 2. The van der Waals surface area contributed by atoms with Crippen molar-refractivity contribution in [1.29, 1.82) is 0 Å². The van der Waals surface area contributed by atoms with E-state index in [1.54, 1.807) is 0 Å². The van der Waals surface area contributed by atoms with Gasteiger partial charge in [-0.05, 0) is 12.5 Å². The summed E-state index contributed by atoms with van der Waals surface area (Å²) in [6.07, 6.45) is 1.71. The highest BCUT2D eigenvalue weighted by Gasteiger charge is 2.34. The first-order chi connectivity index (χ1) is 7.57. The molecule has 2 unspecified atom stereocenters. The van der Waals surface area contributed by atoms with Gasteiger partial charge in [0.1, 0.15) is 0 Å². The first-order valence-electron chi connectivity index (χ1n) is 5.66. The number of benzene rings is 1. The maximum Gasteiger partial charge on any atom is 0.211 e. The van der Waals surface area contributed by atoms with E-state index in [0.29, 0.717) is 0 Å². The van der Waals surface area contributed by atoms with E-state index < -0.39 is 5.79 Å². The average Bonchev–Trinajstić information content (AvgIpc) is 2.15. The molecule has 0 bridgehead atoms. The lowest BCUT2D eigenvalue weighted by molar-refractivity contribution is -0.253. The molecule has 1 aliphatic heterocycles. The highest BCUT2D eigenvalue weighted by molar-refractivity contribution is 5.16. The predicted molar refractivity (Wildman–Crippen MR) is 63.9 cm³/mol. The van der Waals surface area contributed by atoms with E-state index in [0.717, 1.165) is 18.6 Å². The van der Waals surface area contributed by atoms with Crippen LogP contribution in [0.3, 0.4) is 0 Å². The summed E-state index contributed by atoms with van der Waals surface area (Å²) in [5.74, 6) is 0.244. The largest absolute Gasteiger partial charge is 0.467 e. The molecule has 1 heterocycles. The highest BCUT2D eigenvalue weighted by atomic mass is 16.7. The monoisotopic (exact) mass is 218 g/mol. The van der Waals surface area contributed by atoms with Crippen molar-refractivity contribution in [3.8, 4) is 0 Å². The van der Waals surface area contributed by atoms with Gasteiger partial charge in [-0.25, -0.2) is 0 Å². The molecule has 16 heavy (non-hydrogen) atoms. The van der Waals surface area contributed by atoms with E-state index in [9.17, 15) is 0 Å². The smallest absolute Gasteiger partial charge is 0.211 e. The predicted octanol–water partition coefficient (Wildman–Crippen LogP) is 3.28. The van der Waals surface area contributed by atoms with E-state index >= 15 is 0 Å². The maximum absolute atomic E-state index is 5.87. The van der Waals surface area contributed by atoms with Crippen LogP contribution < -0.4 is 0 Å². The van der Waals surface area contributed by atoms with Crippen molar-refractivity contribution < 1.29 is 9.47 Å². The van der Waals surface area contributed by atoms with Crippen molar-refractivity contribution >= 4 is 0 Å². The lowest BCUT2D eigenvalue weighted by Crippen LogP contribution is -2.41. The van der Waals surface area contributed by atoms with Crippen molar-refractivity contribution in [1.82, 2.24) is 0 Å². The van der Waals surface area contributed by atoms with Crippen molar-refractivity contribution in [3.05, 3.63) is 48.2 Å². The molecule has 0 saturated carbocycles. The summed E-state index contributed by atoms with van der Waals surface area (Å²) >= 11 is 0. The Balaban J connectivity index is 2.10. The van der Waals surface area contributed by atoms with Crippen LogP contribution in [0.15, 0.2) is 42.7 Å². The van der Waals surface area contributed by atoms with E-state index in [1.165, 1.54) is 5.56 Å². The van der Waals surface area contributed by atoms with Crippen LogP contribution in [0.2, 0.25) is 0 Å². The van der Waals surface area contributed by atoms with Crippen LogP contribution in [-0.2, 0) is 15.9 Å². The second-order valence-corrected chi connectivity index (χ2v) is 4.57. The van der Waals surface area contributed by atoms with E-state index in [1.807, 2.05) is 25.1 Å². The Morgan fingerprint density at radius 1 is 1.38 bits per heavy atom. The summed E-state index contributed by atoms with van der Waals surface area (Å²) in [7, 11) is 0. The minimum Gasteiger partial charge on any atom is -0.467 e. The van der Waals surface area contributed by atoms with E-state index in [2.05, 4.69) is 25.6 Å². The van der Waals surface area contributed by atoms with Crippen LogP contribution in [0.1, 0.15) is 25.8 Å². The molecule has 0 N–H and O–H groups in total. The van der Waals surface area contributed by atoms with Gasteiger partial charge < -0.3 is 9.47 Å². The Hall–Kier alpha value is -1.28. The van der Waals surface area contributed by atoms with Crippen LogP contribution in [-0.4, -0.2) is 11.9 Å². The Bertz CT molecular complexity index is 372. The third kappa shape index (κ3) is 2.64. The quantitative estimate of drug-likeness (QED) is 0.758. The van der Waals surface area contributed by atoms with Crippen LogP contribution >= 0.6 is 0 Å². The molecule has 1 aromatic carbocycles. The number of hydrogen-bond acceptors (Lipinski definition) is 2. The molecule has 2 rings (SSSR count). The Morgan fingerprint density at radius 3 is 2.69 bits per heavy atom. The molecule has 1 fully saturated rings. The molecule has 0 aromatic heterocycles. The fourth-order valence-electron chi connectivity index (χ4n) is 2.20. The van der Waals surface area contributed by atoms with Gasteiger partial charge in [-0.2, -0.15) is 0 Å². The van der Waals surface area contributed by atoms with Crippen molar-refractivity contribution in [3.63, 3.8) is 0 Å². The topological polar surface area (TPSA) is 18.5 Å². The fourth-order valence-corrected chi connectivity index (χ4v) is 2.20. The molecule has 2 atom stereocenters. The zero-order chi connectivity index (χ0) is 11.6. The molecular formula is C14H18O2. The van der Waals surface area contributed by atoms with Gasteiger partial charge in [0.25, 0.3) is 0 Å². The van der Waals surface area contributed by atoms with Gasteiger partial charge in [0.05, 0.1) is 11.9 Å². The molecule has 2 heteroatoms. The maximum atomic E-state index is 5.87. The Kier molecular flexibility index (Phi) is 3.01. The zero-order valence-corrected chi connectivity index (χ0v) is 9.90. The van der Waals surface area contributed by atoms with Gasteiger partial charge in [-0.1, -0.05) is 36.9 Å². The normalized spacial score (nSPS) is 29.9. The van der Waals surface area contributed by atoms with Crippen LogP contribution in [0.4, 0.5) is 0 Å². The average molecular weight is 218 g/mol. The molecular weight excluding hydrogens is 200 g/mol.